The second kappa shape index (κ2) is 7.87. The maximum atomic E-state index is 13.5. The topological polar surface area (TPSA) is 65.2 Å². The van der Waals surface area contributed by atoms with Gasteiger partial charge in [0.25, 0.3) is 0 Å². The molecule has 0 spiro atoms. The summed E-state index contributed by atoms with van der Waals surface area (Å²) in [6.07, 6.45) is 2.63. The molecule has 4 rings (SSSR count). The second-order valence-corrected chi connectivity index (χ2v) is 7.80. The number of aromatic amines is 1. The molecule has 1 aliphatic heterocycles. The van der Waals surface area contributed by atoms with E-state index in [-0.39, 0.29) is 24.1 Å². The van der Waals surface area contributed by atoms with Gasteiger partial charge in [-0.25, -0.2) is 4.39 Å². The molecular formula is C22H21ClFN3O2. The van der Waals surface area contributed by atoms with E-state index in [9.17, 15) is 14.0 Å². The molecule has 7 heteroatoms. The van der Waals surface area contributed by atoms with Crippen molar-refractivity contribution in [1.82, 2.24) is 9.88 Å². The monoisotopic (exact) mass is 413 g/mol. The summed E-state index contributed by atoms with van der Waals surface area (Å²) < 4.78 is 13.5. The molecule has 0 bridgehead atoms. The summed E-state index contributed by atoms with van der Waals surface area (Å²) in [6, 6.07) is 9.95. The highest BCUT2D eigenvalue weighted by Gasteiger charge is 2.34. The fourth-order valence-corrected chi connectivity index (χ4v) is 3.93. The fourth-order valence-electron chi connectivity index (χ4n) is 3.75. The molecule has 1 atom stereocenters. The molecule has 2 aromatic carbocycles. The number of aromatic nitrogens is 1. The molecule has 0 aliphatic carbocycles. The van der Waals surface area contributed by atoms with Crippen molar-refractivity contribution in [3.05, 3.63) is 64.6 Å². The van der Waals surface area contributed by atoms with E-state index in [1.54, 1.807) is 29.2 Å². The first-order chi connectivity index (χ1) is 13.9. The standard InChI is InChI=1S/C22H21ClFN3O2/c1-13-18(23)3-2-4-19(13)26-22(29)15-9-21(28)27(12-15)8-7-14-11-25-20-6-5-16(24)10-17(14)20/h2-6,10-11,15,25H,7-9,12H2,1H3,(H,26,29). The van der Waals surface area contributed by atoms with Crippen molar-refractivity contribution in [2.75, 3.05) is 18.4 Å². The molecule has 0 saturated carbocycles. The number of anilines is 1. The normalized spacial score (nSPS) is 16.6. The number of rotatable bonds is 5. The second-order valence-electron chi connectivity index (χ2n) is 7.40. The van der Waals surface area contributed by atoms with Gasteiger partial charge in [-0.15, -0.1) is 0 Å². The van der Waals surface area contributed by atoms with Crippen LogP contribution in [-0.2, 0) is 16.0 Å². The Morgan fingerprint density at radius 3 is 3.00 bits per heavy atom. The molecule has 2 heterocycles. The number of nitrogens with zero attached hydrogens (tertiary/aromatic N) is 1. The van der Waals surface area contributed by atoms with E-state index < -0.39 is 5.92 Å². The SMILES string of the molecule is Cc1c(Cl)cccc1NC(=O)C1CC(=O)N(CCc2c[nH]c3ccc(F)cc23)C1. The van der Waals surface area contributed by atoms with E-state index in [2.05, 4.69) is 10.3 Å². The van der Waals surface area contributed by atoms with Crippen LogP contribution < -0.4 is 5.32 Å². The fraction of sp³-hybridized carbons (Fsp3) is 0.273. The molecular weight excluding hydrogens is 393 g/mol. The van der Waals surface area contributed by atoms with Gasteiger partial charge >= 0.3 is 0 Å². The zero-order valence-electron chi connectivity index (χ0n) is 16.0. The lowest BCUT2D eigenvalue weighted by atomic mass is 10.1. The minimum Gasteiger partial charge on any atom is -0.361 e. The Hall–Kier alpha value is -2.86. The summed E-state index contributed by atoms with van der Waals surface area (Å²) >= 11 is 6.10. The first-order valence-electron chi connectivity index (χ1n) is 9.51. The molecule has 0 radical (unpaired) electrons. The number of carbonyl (C=O) groups excluding carboxylic acids is 2. The summed E-state index contributed by atoms with van der Waals surface area (Å²) in [5, 5.41) is 4.29. The van der Waals surface area contributed by atoms with E-state index in [4.69, 9.17) is 11.6 Å². The van der Waals surface area contributed by atoms with Gasteiger partial charge in [-0.2, -0.15) is 0 Å². The predicted octanol–water partition coefficient (Wildman–Crippen LogP) is 4.30. The van der Waals surface area contributed by atoms with E-state index in [0.29, 0.717) is 30.2 Å². The number of halogens is 2. The van der Waals surface area contributed by atoms with Crippen molar-refractivity contribution in [2.24, 2.45) is 5.92 Å². The van der Waals surface area contributed by atoms with Gasteiger partial charge in [0, 0.05) is 47.3 Å². The van der Waals surface area contributed by atoms with Crippen LogP contribution in [0.4, 0.5) is 10.1 Å². The van der Waals surface area contributed by atoms with Gasteiger partial charge in [-0.05, 0) is 54.8 Å². The summed E-state index contributed by atoms with van der Waals surface area (Å²) in [4.78, 5) is 29.9. The summed E-state index contributed by atoms with van der Waals surface area (Å²) in [7, 11) is 0. The number of benzene rings is 2. The van der Waals surface area contributed by atoms with E-state index in [1.165, 1.54) is 12.1 Å². The average Bonchev–Trinajstić information content (AvgIpc) is 3.26. The maximum Gasteiger partial charge on any atom is 0.229 e. The van der Waals surface area contributed by atoms with Crippen molar-refractivity contribution in [2.45, 2.75) is 19.8 Å². The zero-order valence-corrected chi connectivity index (χ0v) is 16.7. The highest BCUT2D eigenvalue weighted by Crippen LogP contribution is 2.26. The third-order valence-corrected chi connectivity index (χ3v) is 5.90. The van der Waals surface area contributed by atoms with E-state index in [1.807, 2.05) is 13.1 Å². The van der Waals surface area contributed by atoms with Gasteiger partial charge in [-0.3, -0.25) is 9.59 Å². The quantitative estimate of drug-likeness (QED) is 0.655. The van der Waals surface area contributed by atoms with E-state index in [0.717, 1.165) is 22.0 Å². The van der Waals surface area contributed by atoms with Gasteiger partial charge < -0.3 is 15.2 Å². The van der Waals surface area contributed by atoms with Crippen LogP contribution in [0.25, 0.3) is 10.9 Å². The van der Waals surface area contributed by atoms with Crippen LogP contribution in [-0.4, -0.2) is 34.8 Å². The highest BCUT2D eigenvalue weighted by atomic mass is 35.5. The summed E-state index contributed by atoms with van der Waals surface area (Å²) in [5.41, 5.74) is 3.28. The number of H-pyrrole nitrogens is 1. The van der Waals surface area contributed by atoms with Crippen LogP contribution in [0.15, 0.2) is 42.6 Å². The number of amides is 2. The maximum absolute atomic E-state index is 13.5. The first kappa shape index (κ1) is 19.5. The number of nitrogens with one attached hydrogen (secondary N) is 2. The largest absolute Gasteiger partial charge is 0.361 e. The third kappa shape index (κ3) is 3.98. The Kier molecular flexibility index (Phi) is 5.28. The molecule has 1 aliphatic rings. The lowest BCUT2D eigenvalue weighted by Gasteiger charge is -2.17. The van der Waals surface area contributed by atoms with Crippen molar-refractivity contribution in [3.8, 4) is 0 Å². The summed E-state index contributed by atoms with van der Waals surface area (Å²) in [6.45, 7) is 2.71. The van der Waals surface area contributed by atoms with Gasteiger partial charge in [0.1, 0.15) is 5.82 Å². The zero-order chi connectivity index (χ0) is 20.5. The van der Waals surface area contributed by atoms with Crippen molar-refractivity contribution in [1.29, 1.82) is 0 Å². The van der Waals surface area contributed by atoms with Gasteiger partial charge in [0.2, 0.25) is 11.8 Å². The molecule has 2 amide bonds. The molecule has 3 aromatic rings. The Bertz CT molecular complexity index is 1090. The van der Waals surface area contributed by atoms with Crippen LogP contribution >= 0.6 is 11.6 Å². The molecule has 29 heavy (non-hydrogen) atoms. The van der Waals surface area contributed by atoms with Crippen LogP contribution in [0.3, 0.4) is 0 Å². The number of likely N-dealkylation sites (tertiary alicyclic amines) is 1. The summed E-state index contributed by atoms with van der Waals surface area (Å²) in [5.74, 6) is -0.913. The number of fused-ring (bicyclic) bond motifs is 1. The minimum absolute atomic E-state index is 0.0426. The van der Waals surface area contributed by atoms with Crippen LogP contribution in [0.5, 0.6) is 0 Å². The molecule has 1 saturated heterocycles. The predicted molar refractivity (Wildman–Crippen MR) is 111 cm³/mol. The third-order valence-electron chi connectivity index (χ3n) is 5.49. The average molecular weight is 414 g/mol. The highest BCUT2D eigenvalue weighted by molar-refractivity contribution is 6.31. The molecule has 150 valence electrons. The first-order valence-corrected chi connectivity index (χ1v) is 9.89. The Balaban J connectivity index is 1.39. The van der Waals surface area contributed by atoms with Crippen molar-refractivity contribution in [3.63, 3.8) is 0 Å². The number of hydrogen-bond donors (Lipinski definition) is 2. The molecule has 5 nitrogen and oxygen atoms in total. The van der Waals surface area contributed by atoms with Crippen LogP contribution in [0.1, 0.15) is 17.5 Å². The molecule has 1 unspecified atom stereocenters. The molecule has 1 aromatic heterocycles. The van der Waals surface area contributed by atoms with Gasteiger partial charge in [0.05, 0.1) is 5.92 Å². The smallest absolute Gasteiger partial charge is 0.229 e. The van der Waals surface area contributed by atoms with Crippen molar-refractivity contribution < 1.29 is 14.0 Å². The van der Waals surface area contributed by atoms with Crippen LogP contribution in [0.2, 0.25) is 5.02 Å². The van der Waals surface area contributed by atoms with Gasteiger partial charge in [-0.1, -0.05) is 17.7 Å². The molecule has 2 N–H and O–H groups in total. The Labute approximate surface area is 172 Å². The number of hydrogen-bond acceptors (Lipinski definition) is 2. The van der Waals surface area contributed by atoms with Gasteiger partial charge in [0.15, 0.2) is 0 Å². The van der Waals surface area contributed by atoms with E-state index >= 15 is 0 Å². The lowest BCUT2D eigenvalue weighted by molar-refractivity contribution is -0.128. The molecule has 1 fully saturated rings. The van der Waals surface area contributed by atoms with Crippen LogP contribution in [0, 0.1) is 18.7 Å². The Morgan fingerprint density at radius 1 is 1.34 bits per heavy atom. The Morgan fingerprint density at radius 2 is 2.17 bits per heavy atom. The van der Waals surface area contributed by atoms with Crippen molar-refractivity contribution >= 4 is 40.0 Å². The lowest BCUT2D eigenvalue weighted by Crippen LogP contribution is -2.30. The number of carbonyl (C=O) groups is 2. The minimum atomic E-state index is -0.402.